The van der Waals surface area contributed by atoms with E-state index in [1.807, 2.05) is 6.07 Å². The lowest BCUT2D eigenvalue weighted by Crippen LogP contribution is -2.49. The minimum Gasteiger partial charge on any atom is -0.349 e. The number of aryl methyl sites for hydroxylation is 2. The van der Waals surface area contributed by atoms with Crippen LogP contribution in [0.2, 0.25) is 0 Å². The highest BCUT2D eigenvalue weighted by molar-refractivity contribution is 7.89. The van der Waals surface area contributed by atoms with Crippen LogP contribution in [0.15, 0.2) is 47.9 Å². The summed E-state index contributed by atoms with van der Waals surface area (Å²) in [6.07, 6.45) is 5.79. The number of rotatable bonds is 6. The molecule has 1 saturated heterocycles. The van der Waals surface area contributed by atoms with Gasteiger partial charge in [-0.15, -0.1) is 11.3 Å². The summed E-state index contributed by atoms with van der Waals surface area (Å²) in [6, 6.07) is 7.94. The Balaban J connectivity index is 1.42. The molecule has 164 valence electrons. The van der Waals surface area contributed by atoms with E-state index in [0.717, 1.165) is 25.7 Å². The standard InChI is InChI=1S/C22H25N3O4S2/c1-2-21(26)23-17-6-4-12-25(14-17)31(28,29)18-10-8-16(9-11-18)24-22(27)20-13-15-5-3-7-19(15)30-20/h2,8-11,13,17H,1,3-7,12,14H2,(H,23,26)(H,24,27)/t17-/m0/s1. The van der Waals surface area contributed by atoms with Crippen LogP contribution in [-0.4, -0.2) is 43.7 Å². The van der Waals surface area contributed by atoms with Crippen LogP contribution < -0.4 is 10.6 Å². The number of carbonyl (C=O) groups excluding carboxylic acids is 2. The fourth-order valence-corrected chi connectivity index (χ4v) is 6.70. The predicted molar refractivity (Wildman–Crippen MR) is 121 cm³/mol. The molecule has 2 aliphatic rings. The first-order valence-corrected chi connectivity index (χ1v) is 12.6. The van der Waals surface area contributed by atoms with Crippen molar-refractivity contribution in [2.75, 3.05) is 18.4 Å². The van der Waals surface area contributed by atoms with Crippen LogP contribution in [0.4, 0.5) is 5.69 Å². The molecule has 2 N–H and O–H groups in total. The Kier molecular flexibility index (Phi) is 6.27. The zero-order chi connectivity index (χ0) is 22.0. The van der Waals surface area contributed by atoms with Gasteiger partial charge in [-0.3, -0.25) is 9.59 Å². The maximum Gasteiger partial charge on any atom is 0.265 e. The lowest BCUT2D eigenvalue weighted by atomic mass is 10.1. The minimum absolute atomic E-state index is 0.163. The second-order valence-electron chi connectivity index (χ2n) is 7.81. The third kappa shape index (κ3) is 4.73. The molecule has 1 aromatic carbocycles. The summed E-state index contributed by atoms with van der Waals surface area (Å²) < 4.78 is 27.5. The van der Waals surface area contributed by atoms with Crippen molar-refractivity contribution in [3.8, 4) is 0 Å². The van der Waals surface area contributed by atoms with Gasteiger partial charge in [-0.05, 0) is 74.1 Å². The van der Waals surface area contributed by atoms with Crippen LogP contribution in [0.1, 0.15) is 39.4 Å². The van der Waals surface area contributed by atoms with Gasteiger partial charge in [-0.25, -0.2) is 8.42 Å². The molecule has 1 atom stereocenters. The SMILES string of the molecule is C=CC(=O)N[C@H]1CCCN(S(=O)(=O)c2ccc(NC(=O)c3cc4c(s3)CCC4)cc2)C1. The average Bonchev–Trinajstić information content (AvgIpc) is 3.37. The molecule has 0 saturated carbocycles. The Morgan fingerprint density at radius 2 is 1.94 bits per heavy atom. The molecule has 0 spiro atoms. The number of hydrogen-bond acceptors (Lipinski definition) is 5. The molecule has 1 aromatic heterocycles. The minimum atomic E-state index is -3.69. The van der Waals surface area contributed by atoms with Crippen molar-refractivity contribution in [1.29, 1.82) is 0 Å². The van der Waals surface area contributed by atoms with Crippen molar-refractivity contribution < 1.29 is 18.0 Å². The highest BCUT2D eigenvalue weighted by Crippen LogP contribution is 2.31. The number of nitrogens with one attached hydrogen (secondary N) is 2. The average molecular weight is 460 g/mol. The summed E-state index contributed by atoms with van der Waals surface area (Å²) in [5, 5.41) is 5.62. The monoisotopic (exact) mass is 459 g/mol. The number of nitrogens with zero attached hydrogens (tertiary/aromatic N) is 1. The van der Waals surface area contributed by atoms with Crippen LogP contribution in [0.3, 0.4) is 0 Å². The summed E-state index contributed by atoms with van der Waals surface area (Å²) in [5.74, 6) is -0.479. The molecule has 2 heterocycles. The van der Waals surface area contributed by atoms with Gasteiger partial charge in [0, 0.05) is 29.7 Å². The molecule has 0 radical (unpaired) electrons. The van der Waals surface area contributed by atoms with E-state index < -0.39 is 10.0 Å². The quantitative estimate of drug-likeness (QED) is 0.650. The van der Waals surface area contributed by atoms with Crippen molar-refractivity contribution in [3.05, 3.63) is 58.3 Å². The van der Waals surface area contributed by atoms with Crippen molar-refractivity contribution >= 4 is 38.9 Å². The summed E-state index contributed by atoms with van der Waals surface area (Å²) in [6.45, 7) is 4.06. The predicted octanol–water partition coefficient (Wildman–Crippen LogP) is 2.94. The van der Waals surface area contributed by atoms with E-state index in [1.54, 1.807) is 12.1 Å². The summed E-state index contributed by atoms with van der Waals surface area (Å²) in [7, 11) is -3.69. The number of hydrogen-bond donors (Lipinski definition) is 2. The number of carbonyl (C=O) groups is 2. The summed E-state index contributed by atoms with van der Waals surface area (Å²) in [5.41, 5.74) is 1.81. The zero-order valence-electron chi connectivity index (χ0n) is 17.1. The highest BCUT2D eigenvalue weighted by atomic mass is 32.2. The van der Waals surface area contributed by atoms with E-state index >= 15 is 0 Å². The second kappa shape index (κ2) is 8.94. The van der Waals surface area contributed by atoms with Crippen molar-refractivity contribution in [1.82, 2.24) is 9.62 Å². The second-order valence-corrected chi connectivity index (χ2v) is 10.9. The van der Waals surface area contributed by atoms with Gasteiger partial charge in [0.2, 0.25) is 15.9 Å². The van der Waals surface area contributed by atoms with Gasteiger partial charge in [0.15, 0.2) is 0 Å². The fraction of sp³-hybridized carbons (Fsp3) is 0.364. The van der Waals surface area contributed by atoms with Gasteiger partial charge >= 0.3 is 0 Å². The molecule has 2 aromatic rings. The largest absolute Gasteiger partial charge is 0.349 e. The summed E-state index contributed by atoms with van der Waals surface area (Å²) >= 11 is 1.53. The summed E-state index contributed by atoms with van der Waals surface area (Å²) in [4.78, 5) is 26.2. The Bertz CT molecular complexity index is 1080. The van der Waals surface area contributed by atoms with E-state index in [9.17, 15) is 18.0 Å². The van der Waals surface area contributed by atoms with Gasteiger partial charge in [0.05, 0.1) is 9.77 Å². The molecule has 1 aliphatic heterocycles. The number of piperidine rings is 1. The molecular formula is C22H25N3O4S2. The first-order chi connectivity index (χ1) is 14.9. The third-order valence-corrected chi connectivity index (χ3v) is 8.75. The first-order valence-electron chi connectivity index (χ1n) is 10.3. The van der Waals surface area contributed by atoms with Crippen LogP contribution in [-0.2, 0) is 27.7 Å². The molecule has 1 aliphatic carbocycles. The molecular weight excluding hydrogens is 434 g/mol. The number of thiophene rings is 1. The van der Waals surface area contributed by atoms with Gasteiger partial charge in [-0.2, -0.15) is 4.31 Å². The van der Waals surface area contributed by atoms with E-state index in [4.69, 9.17) is 0 Å². The molecule has 2 amide bonds. The lowest BCUT2D eigenvalue weighted by molar-refractivity contribution is -0.117. The molecule has 0 bridgehead atoms. The number of benzene rings is 1. The number of fused-ring (bicyclic) bond motifs is 1. The Morgan fingerprint density at radius 1 is 1.16 bits per heavy atom. The molecule has 4 rings (SSSR count). The van der Waals surface area contributed by atoms with E-state index in [0.29, 0.717) is 23.5 Å². The zero-order valence-corrected chi connectivity index (χ0v) is 18.7. The molecule has 0 unspecified atom stereocenters. The highest BCUT2D eigenvalue weighted by Gasteiger charge is 2.30. The normalized spacial score (nSPS) is 18.9. The van der Waals surface area contributed by atoms with Crippen LogP contribution in [0, 0.1) is 0 Å². The van der Waals surface area contributed by atoms with Crippen LogP contribution in [0.5, 0.6) is 0 Å². The van der Waals surface area contributed by atoms with E-state index in [-0.39, 0.29) is 29.3 Å². The number of amides is 2. The molecule has 31 heavy (non-hydrogen) atoms. The number of anilines is 1. The molecule has 1 fully saturated rings. The Hall–Kier alpha value is -2.49. The molecule has 7 nitrogen and oxygen atoms in total. The maximum absolute atomic E-state index is 13.0. The Morgan fingerprint density at radius 3 is 2.65 bits per heavy atom. The van der Waals surface area contributed by atoms with E-state index in [2.05, 4.69) is 17.2 Å². The topological polar surface area (TPSA) is 95.6 Å². The maximum atomic E-state index is 13.0. The van der Waals surface area contributed by atoms with Crippen LogP contribution >= 0.6 is 11.3 Å². The van der Waals surface area contributed by atoms with Gasteiger partial charge in [0.1, 0.15) is 0 Å². The van der Waals surface area contributed by atoms with Crippen molar-refractivity contribution in [2.45, 2.75) is 43.0 Å². The smallest absolute Gasteiger partial charge is 0.265 e. The van der Waals surface area contributed by atoms with Crippen molar-refractivity contribution in [2.24, 2.45) is 0 Å². The molecule has 9 heteroatoms. The van der Waals surface area contributed by atoms with Gasteiger partial charge in [0.25, 0.3) is 5.91 Å². The van der Waals surface area contributed by atoms with E-state index in [1.165, 1.54) is 44.3 Å². The third-order valence-electron chi connectivity index (χ3n) is 5.64. The number of sulfonamides is 1. The fourth-order valence-electron chi connectivity index (χ4n) is 4.03. The first kappa shape index (κ1) is 21.7. The van der Waals surface area contributed by atoms with Crippen LogP contribution in [0.25, 0.3) is 0 Å². The van der Waals surface area contributed by atoms with Crippen molar-refractivity contribution in [3.63, 3.8) is 0 Å². The lowest BCUT2D eigenvalue weighted by Gasteiger charge is -2.32. The Labute approximate surface area is 186 Å². The van der Waals surface area contributed by atoms with Gasteiger partial charge < -0.3 is 10.6 Å². The van der Waals surface area contributed by atoms with Gasteiger partial charge in [-0.1, -0.05) is 6.58 Å².